The number of carbonyl (C=O) groups is 2. The second-order valence-corrected chi connectivity index (χ2v) is 5.02. The van der Waals surface area contributed by atoms with E-state index in [-0.39, 0.29) is 11.5 Å². The third-order valence-corrected chi connectivity index (χ3v) is 3.67. The summed E-state index contributed by atoms with van der Waals surface area (Å²) >= 11 is 1.28. The third-order valence-electron chi connectivity index (χ3n) is 2.78. The van der Waals surface area contributed by atoms with Crippen molar-refractivity contribution in [1.29, 1.82) is 0 Å². The van der Waals surface area contributed by atoms with Gasteiger partial charge in [-0.15, -0.1) is 11.3 Å². The maximum absolute atomic E-state index is 12.1. The number of amides is 1. The lowest BCUT2D eigenvalue weighted by atomic mass is 10.1. The van der Waals surface area contributed by atoms with E-state index in [1.807, 2.05) is 0 Å². The summed E-state index contributed by atoms with van der Waals surface area (Å²) in [4.78, 5) is 23.5. The van der Waals surface area contributed by atoms with Crippen molar-refractivity contribution in [2.45, 2.75) is 6.92 Å². The fraction of sp³-hybridized carbons (Fsp3) is 0.143. The minimum absolute atomic E-state index is 0.189. The number of rotatable bonds is 4. The van der Waals surface area contributed by atoms with Crippen LogP contribution < -0.4 is 10.1 Å². The van der Waals surface area contributed by atoms with Crippen molar-refractivity contribution >= 4 is 28.9 Å². The van der Waals surface area contributed by atoms with Crippen molar-refractivity contribution in [3.05, 3.63) is 45.6 Å². The molecule has 2 N–H and O–H groups in total. The largest absolute Gasteiger partial charge is 0.495 e. The molecule has 0 aliphatic heterocycles. The highest BCUT2D eigenvalue weighted by atomic mass is 32.1. The lowest BCUT2D eigenvalue weighted by molar-refractivity contribution is 0.0696. The highest BCUT2D eigenvalue weighted by molar-refractivity contribution is 7.12. The van der Waals surface area contributed by atoms with Gasteiger partial charge in [0, 0.05) is 5.69 Å². The average Bonchev–Trinajstić information content (AvgIpc) is 2.89. The summed E-state index contributed by atoms with van der Waals surface area (Å²) in [5.41, 5.74) is 1.46. The summed E-state index contributed by atoms with van der Waals surface area (Å²) in [5.74, 6) is -0.749. The van der Waals surface area contributed by atoms with Crippen molar-refractivity contribution < 1.29 is 19.4 Å². The summed E-state index contributed by atoms with van der Waals surface area (Å²) in [5, 5.41) is 13.4. The molecular formula is C14H13NO4S. The molecule has 6 heteroatoms. The monoisotopic (exact) mass is 291 g/mol. The second kappa shape index (κ2) is 5.75. The van der Waals surface area contributed by atoms with Gasteiger partial charge in [0.2, 0.25) is 0 Å². The summed E-state index contributed by atoms with van der Waals surface area (Å²) < 4.78 is 5.10. The number of anilines is 1. The highest BCUT2D eigenvalue weighted by Crippen LogP contribution is 2.26. The van der Waals surface area contributed by atoms with Crippen LogP contribution in [-0.4, -0.2) is 24.1 Å². The predicted octanol–water partition coefficient (Wildman–Crippen LogP) is 3.02. The number of carboxylic acids is 1. The fourth-order valence-electron chi connectivity index (χ4n) is 1.74. The smallest absolute Gasteiger partial charge is 0.335 e. The number of carboxylic acid groups (broad SMARTS) is 1. The van der Waals surface area contributed by atoms with E-state index >= 15 is 0 Å². The molecule has 0 spiro atoms. The molecule has 0 atom stereocenters. The number of hydrogen-bond acceptors (Lipinski definition) is 4. The van der Waals surface area contributed by atoms with Crippen LogP contribution in [0.1, 0.15) is 25.6 Å². The molecule has 0 saturated heterocycles. The molecule has 2 rings (SSSR count). The maximum Gasteiger partial charge on any atom is 0.335 e. The Morgan fingerprint density at radius 3 is 2.65 bits per heavy atom. The first kappa shape index (κ1) is 14.1. The van der Waals surface area contributed by atoms with Crippen LogP contribution in [-0.2, 0) is 0 Å². The maximum atomic E-state index is 12.1. The summed E-state index contributed by atoms with van der Waals surface area (Å²) in [6, 6.07) is 6.27. The van der Waals surface area contributed by atoms with E-state index in [1.54, 1.807) is 24.4 Å². The Morgan fingerprint density at radius 1 is 1.30 bits per heavy atom. The Labute approximate surface area is 119 Å². The number of hydrogen-bond donors (Lipinski definition) is 2. The van der Waals surface area contributed by atoms with Crippen LogP contribution in [0.5, 0.6) is 5.75 Å². The van der Waals surface area contributed by atoms with Gasteiger partial charge in [-0.05, 0) is 42.1 Å². The molecule has 0 unspecified atom stereocenters. The van der Waals surface area contributed by atoms with Crippen LogP contribution in [0.4, 0.5) is 5.69 Å². The van der Waals surface area contributed by atoms with Crippen molar-refractivity contribution in [3.8, 4) is 5.75 Å². The Bertz CT molecular complexity index is 663. The normalized spacial score (nSPS) is 10.1. The topological polar surface area (TPSA) is 75.6 Å². The van der Waals surface area contributed by atoms with Gasteiger partial charge >= 0.3 is 5.97 Å². The highest BCUT2D eigenvalue weighted by Gasteiger charge is 2.15. The molecule has 0 radical (unpaired) electrons. The lowest BCUT2D eigenvalue weighted by Crippen LogP contribution is -2.12. The Hall–Kier alpha value is -2.34. The number of ether oxygens (including phenoxy) is 1. The van der Waals surface area contributed by atoms with Crippen molar-refractivity contribution in [1.82, 2.24) is 0 Å². The van der Waals surface area contributed by atoms with Crippen LogP contribution in [0, 0.1) is 6.92 Å². The number of benzene rings is 1. The number of aromatic carboxylic acids is 1. The zero-order valence-electron chi connectivity index (χ0n) is 11.0. The molecule has 2 aromatic rings. The molecule has 0 saturated carbocycles. The van der Waals surface area contributed by atoms with Gasteiger partial charge < -0.3 is 15.2 Å². The van der Waals surface area contributed by atoms with Crippen LogP contribution >= 0.6 is 11.3 Å². The van der Waals surface area contributed by atoms with Gasteiger partial charge in [0.05, 0.1) is 12.7 Å². The Balaban J connectivity index is 2.22. The number of thiophene rings is 1. The van der Waals surface area contributed by atoms with E-state index in [2.05, 4.69) is 5.32 Å². The van der Waals surface area contributed by atoms with Crippen molar-refractivity contribution in [3.63, 3.8) is 0 Å². The van der Waals surface area contributed by atoms with E-state index < -0.39 is 5.97 Å². The van der Waals surface area contributed by atoms with E-state index in [0.29, 0.717) is 21.9 Å². The number of carbonyl (C=O) groups excluding carboxylic acids is 1. The Morgan fingerprint density at radius 2 is 2.05 bits per heavy atom. The number of methoxy groups -OCH3 is 1. The third kappa shape index (κ3) is 2.80. The van der Waals surface area contributed by atoms with Crippen LogP contribution in [0.15, 0.2) is 29.6 Å². The summed E-state index contributed by atoms with van der Waals surface area (Å²) in [7, 11) is 1.51. The second-order valence-electron chi connectivity index (χ2n) is 4.11. The van der Waals surface area contributed by atoms with E-state index in [4.69, 9.17) is 9.84 Å². The SMILES string of the molecule is COc1ccsc1C(=O)Nc1ccc(C(=O)O)cc1C. The van der Waals surface area contributed by atoms with Gasteiger partial charge in [0.1, 0.15) is 10.6 Å². The van der Waals surface area contributed by atoms with Gasteiger partial charge in [-0.2, -0.15) is 0 Å². The molecule has 1 aromatic heterocycles. The van der Waals surface area contributed by atoms with E-state index in [9.17, 15) is 9.59 Å². The first-order valence-corrected chi connectivity index (χ1v) is 6.67. The van der Waals surface area contributed by atoms with Gasteiger partial charge in [-0.3, -0.25) is 4.79 Å². The molecule has 1 aromatic carbocycles. The van der Waals surface area contributed by atoms with Crippen molar-refractivity contribution in [2.75, 3.05) is 12.4 Å². The molecule has 0 aliphatic rings. The van der Waals surface area contributed by atoms with Gasteiger partial charge in [-0.25, -0.2) is 4.79 Å². The lowest BCUT2D eigenvalue weighted by Gasteiger charge is -2.09. The standard InChI is InChI=1S/C14H13NO4S/c1-8-7-9(14(17)18)3-4-10(8)15-13(16)12-11(19-2)5-6-20-12/h3-7H,1-2H3,(H,15,16)(H,17,18). The molecule has 0 fully saturated rings. The van der Waals surface area contributed by atoms with Gasteiger partial charge in [-0.1, -0.05) is 0 Å². The average molecular weight is 291 g/mol. The summed E-state index contributed by atoms with van der Waals surface area (Å²) in [6.45, 7) is 1.74. The number of aryl methyl sites for hydroxylation is 1. The van der Waals surface area contributed by atoms with Crippen LogP contribution in [0.2, 0.25) is 0 Å². The molecular weight excluding hydrogens is 278 g/mol. The van der Waals surface area contributed by atoms with Crippen LogP contribution in [0.3, 0.4) is 0 Å². The predicted molar refractivity (Wildman–Crippen MR) is 77.0 cm³/mol. The molecule has 0 aliphatic carbocycles. The molecule has 104 valence electrons. The molecule has 0 bridgehead atoms. The van der Waals surface area contributed by atoms with Crippen molar-refractivity contribution in [2.24, 2.45) is 0 Å². The quantitative estimate of drug-likeness (QED) is 0.908. The molecule has 1 amide bonds. The minimum atomic E-state index is -0.995. The van der Waals surface area contributed by atoms with E-state index in [0.717, 1.165) is 0 Å². The van der Waals surface area contributed by atoms with E-state index in [1.165, 1.54) is 30.6 Å². The fourth-order valence-corrected chi connectivity index (χ4v) is 2.49. The zero-order valence-corrected chi connectivity index (χ0v) is 11.8. The molecule has 20 heavy (non-hydrogen) atoms. The van der Waals surface area contributed by atoms with Gasteiger partial charge in [0.15, 0.2) is 0 Å². The first-order chi connectivity index (χ1) is 9.52. The Kier molecular flexibility index (Phi) is 4.05. The molecule has 1 heterocycles. The zero-order chi connectivity index (χ0) is 14.7. The summed E-state index contributed by atoms with van der Waals surface area (Å²) in [6.07, 6.45) is 0. The molecule has 5 nitrogen and oxygen atoms in total. The van der Waals surface area contributed by atoms with Gasteiger partial charge in [0.25, 0.3) is 5.91 Å². The minimum Gasteiger partial charge on any atom is -0.495 e. The van der Waals surface area contributed by atoms with Crippen LogP contribution in [0.25, 0.3) is 0 Å². The number of nitrogens with one attached hydrogen (secondary N) is 1. The first-order valence-electron chi connectivity index (χ1n) is 5.79.